The SMILES string of the molecule is CCCc1nc(C(=O)NCC(=O)NCCOC)n[nH]1. The van der Waals surface area contributed by atoms with Crippen LogP contribution in [0.25, 0.3) is 0 Å². The summed E-state index contributed by atoms with van der Waals surface area (Å²) >= 11 is 0. The molecule has 0 aliphatic heterocycles. The number of carbonyl (C=O) groups is 2. The van der Waals surface area contributed by atoms with E-state index in [1.54, 1.807) is 7.11 Å². The lowest BCUT2D eigenvalue weighted by Crippen LogP contribution is -2.38. The quantitative estimate of drug-likeness (QED) is 0.538. The lowest BCUT2D eigenvalue weighted by molar-refractivity contribution is -0.120. The topological polar surface area (TPSA) is 109 Å². The minimum atomic E-state index is -0.472. The van der Waals surface area contributed by atoms with Gasteiger partial charge in [0.1, 0.15) is 5.82 Å². The number of H-pyrrole nitrogens is 1. The molecular weight excluding hydrogens is 250 g/mol. The highest BCUT2D eigenvalue weighted by atomic mass is 16.5. The van der Waals surface area contributed by atoms with Gasteiger partial charge in [-0.3, -0.25) is 14.7 Å². The van der Waals surface area contributed by atoms with E-state index in [0.717, 1.165) is 12.8 Å². The average molecular weight is 269 g/mol. The number of carbonyl (C=O) groups excluding carboxylic acids is 2. The molecule has 0 aliphatic rings. The molecule has 0 atom stereocenters. The second kappa shape index (κ2) is 8.20. The Hall–Kier alpha value is -1.96. The molecule has 1 aromatic heterocycles. The highest BCUT2D eigenvalue weighted by Gasteiger charge is 2.12. The number of methoxy groups -OCH3 is 1. The first kappa shape index (κ1) is 15.1. The van der Waals surface area contributed by atoms with Crippen molar-refractivity contribution in [3.8, 4) is 0 Å². The summed E-state index contributed by atoms with van der Waals surface area (Å²) in [5.74, 6) is -0.0412. The number of hydrogen-bond donors (Lipinski definition) is 3. The smallest absolute Gasteiger partial charge is 0.291 e. The molecule has 0 bridgehead atoms. The normalized spacial score (nSPS) is 10.2. The van der Waals surface area contributed by atoms with Crippen LogP contribution in [0.5, 0.6) is 0 Å². The van der Waals surface area contributed by atoms with Crippen LogP contribution in [0.15, 0.2) is 0 Å². The van der Waals surface area contributed by atoms with Crippen LogP contribution < -0.4 is 10.6 Å². The fourth-order valence-electron chi connectivity index (χ4n) is 1.34. The molecule has 1 aromatic rings. The number of amides is 2. The monoisotopic (exact) mass is 269 g/mol. The molecule has 2 amide bonds. The van der Waals surface area contributed by atoms with Gasteiger partial charge in [-0.2, -0.15) is 0 Å². The van der Waals surface area contributed by atoms with Gasteiger partial charge in [0.15, 0.2) is 0 Å². The van der Waals surface area contributed by atoms with Gasteiger partial charge < -0.3 is 15.4 Å². The molecule has 0 unspecified atom stereocenters. The Balaban J connectivity index is 2.31. The zero-order chi connectivity index (χ0) is 14.1. The predicted octanol–water partition coefficient (Wildman–Crippen LogP) is -0.750. The molecule has 8 nitrogen and oxygen atoms in total. The Labute approximate surface area is 111 Å². The molecule has 3 N–H and O–H groups in total. The number of ether oxygens (including phenoxy) is 1. The molecule has 0 saturated carbocycles. The number of aromatic nitrogens is 3. The van der Waals surface area contributed by atoms with Gasteiger partial charge in [0.25, 0.3) is 5.91 Å². The van der Waals surface area contributed by atoms with Crippen molar-refractivity contribution in [2.75, 3.05) is 26.8 Å². The van der Waals surface area contributed by atoms with Gasteiger partial charge in [-0.15, -0.1) is 5.10 Å². The Kier molecular flexibility index (Phi) is 6.51. The van der Waals surface area contributed by atoms with E-state index in [-0.39, 0.29) is 18.3 Å². The highest BCUT2D eigenvalue weighted by molar-refractivity contribution is 5.93. The van der Waals surface area contributed by atoms with Crippen LogP contribution in [0.3, 0.4) is 0 Å². The average Bonchev–Trinajstić information content (AvgIpc) is 2.85. The molecule has 0 radical (unpaired) electrons. The van der Waals surface area contributed by atoms with E-state index in [0.29, 0.717) is 19.0 Å². The van der Waals surface area contributed by atoms with E-state index in [1.165, 1.54) is 0 Å². The first-order chi connectivity index (χ1) is 9.17. The highest BCUT2D eigenvalue weighted by Crippen LogP contribution is 1.96. The summed E-state index contributed by atoms with van der Waals surface area (Å²) in [4.78, 5) is 27.0. The molecule has 0 saturated heterocycles. The maximum atomic E-state index is 11.6. The van der Waals surface area contributed by atoms with Crippen LogP contribution in [-0.4, -0.2) is 53.8 Å². The van der Waals surface area contributed by atoms with E-state index in [1.807, 2.05) is 6.92 Å². The van der Waals surface area contributed by atoms with Crippen molar-refractivity contribution in [2.24, 2.45) is 0 Å². The second-order valence-corrected chi connectivity index (χ2v) is 3.88. The van der Waals surface area contributed by atoms with Gasteiger partial charge in [0, 0.05) is 20.1 Å². The lowest BCUT2D eigenvalue weighted by atomic mass is 10.3. The lowest BCUT2D eigenvalue weighted by Gasteiger charge is -2.04. The van der Waals surface area contributed by atoms with Crippen LogP contribution in [-0.2, 0) is 16.0 Å². The zero-order valence-corrected chi connectivity index (χ0v) is 11.2. The zero-order valence-electron chi connectivity index (χ0n) is 11.2. The molecule has 19 heavy (non-hydrogen) atoms. The summed E-state index contributed by atoms with van der Waals surface area (Å²) in [5.41, 5.74) is 0. The first-order valence-corrected chi connectivity index (χ1v) is 6.12. The molecule has 0 fully saturated rings. The van der Waals surface area contributed by atoms with E-state index in [4.69, 9.17) is 4.74 Å². The van der Waals surface area contributed by atoms with Crippen molar-refractivity contribution in [3.63, 3.8) is 0 Å². The molecule has 1 rings (SSSR count). The maximum Gasteiger partial charge on any atom is 0.291 e. The first-order valence-electron chi connectivity index (χ1n) is 6.12. The van der Waals surface area contributed by atoms with Crippen LogP contribution in [0.1, 0.15) is 29.8 Å². The summed E-state index contributed by atoms with van der Waals surface area (Å²) in [6, 6.07) is 0. The molecule has 106 valence electrons. The predicted molar refractivity (Wildman–Crippen MR) is 67.6 cm³/mol. The van der Waals surface area contributed by atoms with Crippen molar-refractivity contribution >= 4 is 11.8 Å². The number of hydrogen-bond acceptors (Lipinski definition) is 5. The van der Waals surface area contributed by atoms with Gasteiger partial charge in [0.05, 0.1) is 13.2 Å². The number of nitrogens with zero attached hydrogens (tertiary/aromatic N) is 2. The maximum absolute atomic E-state index is 11.6. The molecule has 0 aromatic carbocycles. The molecule has 8 heteroatoms. The van der Waals surface area contributed by atoms with Gasteiger partial charge in [-0.1, -0.05) is 6.92 Å². The van der Waals surface area contributed by atoms with Crippen LogP contribution in [0.2, 0.25) is 0 Å². The van der Waals surface area contributed by atoms with Gasteiger partial charge >= 0.3 is 0 Å². The Morgan fingerprint density at radius 3 is 2.84 bits per heavy atom. The summed E-state index contributed by atoms with van der Waals surface area (Å²) in [6.45, 7) is 2.74. The minimum absolute atomic E-state index is 0.0492. The van der Waals surface area contributed by atoms with Crippen molar-refractivity contribution in [2.45, 2.75) is 19.8 Å². The van der Waals surface area contributed by atoms with Crippen LogP contribution in [0.4, 0.5) is 0 Å². The van der Waals surface area contributed by atoms with Crippen LogP contribution in [0, 0.1) is 0 Å². The number of rotatable bonds is 8. The van der Waals surface area contributed by atoms with Crippen molar-refractivity contribution in [3.05, 3.63) is 11.6 Å². The third-order valence-electron chi connectivity index (χ3n) is 2.26. The Morgan fingerprint density at radius 2 is 2.16 bits per heavy atom. The van der Waals surface area contributed by atoms with Crippen molar-refractivity contribution < 1.29 is 14.3 Å². The van der Waals surface area contributed by atoms with E-state index in [2.05, 4.69) is 25.8 Å². The third kappa shape index (κ3) is 5.47. The van der Waals surface area contributed by atoms with Crippen molar-refractivity contribution in [1.82, 2.24) is 25.8 Å². The summed E-state index contributed by atoms with van der Waals surface area (Å²) in [7, 11) is 1.55. The summed E-state index contributed by atoms with van der Waals surface area (Å²) < 4.78 is 4.79. The number of nitrogens with one attached hydrogen (secondary N) is 3. The second-order valence-electron chi connectivity index (χ2n) is 3.88. The van der Waals surface area contributed by atoms with E-state index >= 15 is 0 Å². The number of aromatic amines is 1. The standard InChI is InChI=1S/C11H19N5O3/c1-3-4-8-14-10(16-15-8)11(18)13-7-9(17)12-5-6-19-2/h3-7H2,1-2H3,(H,12,17)(H,13,18)(H,14,15,16). The molecule has 1 heterocycles. The van der Waals surface area contributed by atoms with Gasteiger partial charge in [-0.05, 0) is 6.42 Å². The van der Waals surface area contributed by atoms with E-state index in [9.17, 15) is 9.59 Å². The Bertz CT molecular complexity index is 418. The van der Waals surface area contributed by atoms with Crippen LogP contribution >= 0.6 is 0 Å². The molecule has 0 aliphatic carbocycles. The molecule has 0 spiro atoms. The van der Waals surface area contributed by atoms with Gasteiger partial charge in [0.2, 0.25) is 11.7 Å². The third-order valence-corrected chi connectivity index (χ3v) is 2.26. The van der Waals surface area contributed by atoms with Crippen molar-refractivity contribution in [1.29, 1.82) is 0 Å². The Morgan fingerprint density at radius 1 is 1.37 bits per heavy atom. The largest absolute Gasteiger partial charge is 0.383 e. The molecular formula is C11H19N5O3. The summed E-state index contributed by atoms with van der Waals surface area (Å²) in [5, 5.41) is 11.5. The number of aryl methyl sites for hydroxylation is 1. The fraction of sp³-hybridized carbons (Fsp3) is 0.636. The van der Waals surface area contributed by atoms with Gasteiger partial charge in [-0.25, -0.2) is 4.98 Å². The van der Waals surface area contributed by atoms with E-state index < -0.39 is 5.91 Å². The minimum Gasteiger partial charge on any atom is -0.383 e. The fourth-order valence-corrected chi connectivity index (χ4v) is 1.34. The summed E-state index contributed by atoms with van der Waals surface area (Å²) in [6.07, 6.45) is 1.65.